The Morgan fingerprint density at radius 1 is 0.857 bits per heavy atom. The highest BCUT2D eigenvalue weighted by atomic mass is 16.3. The molecule has 0 atom stereocenters. The average molecular weight is 558 g/mol. The van der Waals surface area contributed by atoms with Crippen LogP contribution >= 0.6 is 0 Å². The molecule has 0 saturated carbocycles. The summed E-state index contributed by atoms with van der Waals surface area (Å²) >= 11 is 0. The van der Waals surface area contributed by atoms with Crippen molar-refractivity contribution in [3.05, 3.63) is 107 Å². The van der Waals surface area contributed by atoms with Crippen LogP contribution in [0.25, 0.3) is 33.6 Å². The molecule has 2 aromatic heterocycles. The van der Waals surface area contributed by atoms with Crippen LogP contribution in [-0.2, 0) is 5.41 Å². The smallest absolute Gasteiger partial charge is 0.255 e. The third-order valence-electron chi connectivity index (χ3n) is 8.11. The van der Waals surface area contributed by atoms with Gasteiger partial charge in [-0.3, -0.25) is 14.6 Å². The van der Waals surface area contributed by atoms with E-state index in [4.69, 9.17) is 4.42 Å². The largest absolute Gasteiger partial charge is 0.454 e. The molecule has 212 valence electrons. The number of furan rings is 1. The predicted molar refractivity (Wildman–Crippen MR) is 168 cm³/mol. The van der Waals surface area contributed by atoms with Crippen molar-refractivity contribution in [3.63, 3.8) is 0 Å². The Bertz CT molecular complexity index is 1770. The van der Waals surface area contributed by atoms with Crippen LogP contribution in [0, 0.1) is 6.92 Å². The number of benzene rings is 3. The van der Waals surface area contributed by atoms with E-state index in [0.29, 0.717) is 22.5 Å². The van der Waals surface area contributed by atoms with E-state index in [1.54, 1.807) is 6.20 Å². The van der Waals surface area contributed by atoms with Crippen molar-refractivity contribution >= 4 is 28.6 Å². The maximum atomic E-state index is 13.1. The molecule has 1 fully saturated rings. The molecule has 3 aromatic carbocycles. The zero-order valence-electron chi connectivity index (χ0n) is 24.5. The van der Waals surface area contributed by atoms with E-state index in [1.165, 1.54) is 5.56 Å². The fourth-order valence-electron chi connectivity index (χ4n) is 5.55. The first-order chi connectivity index (χ1) is 20.2. The maximum absolute atomic E-state index is 13.1. The van der Waals surface area contributed by atoms with Crippen LogP contribution in [0.3, 0.4) is 0 Å². The SMILES string of the molecule is Cc1c(NC(=O)c2ccc(C(C)(C)C)cc2)cccc1-c1ccnc2cc(-c3ccc(C(=O)N4CCCC4)cc3)oc12. The quantitative estimate of drug-likeness (QED) is 0.236. The predicted octanol–water partition coefficient (Wildman–Crippen LogP) is 8.26. The highest BCUT2D eigenvalue weighted by Crippen LogP contribution is 2.37. The Labute approximate surface area is 246 Å². The lowest BCUT2D eigenvalue weighted by molar-refractivity contribution is 0.0792. The van der Waals surface area contributed by atoms with Crippen LogP contribution in [0.5, 0.6) is 0 Å². The molecule has 0 spiro atoms. The minimum absolute atomic E-state index is 0.0251. The summed E-state index contributed by atoms with van der Waals surface area (Å²) in [6, 6.07) is 25.1. The van der Waals surface area contributed by atoms with Crippen LogP contribution in [0.4, 0.5) is 5.69 Å². The summed E-state index contributed by atoms with van der Waals surface area (Å²) in [7, 11) is 0. The number of rotatable bonds is 5. The molecule has 6 nitrogen and oxygen atoms in total. The first kappa shape index (κ1) is 27.5. The maximum Gasteiger partial charge on any atom is 0.255 e. The molecule has 2 amide bonds. The second-order valence-electron chi connectivity index (χ2n) is 12.0. The van der Waals surface area contributed by atoms with E-state index in [9.17, 15) is 9.59 Å². The highest BCUT2D eigenvalue weighted by molar-refractivity contribution is 6.05. The normalized spacial score (nSPS) is 13.5. The van der Waals surface area contributed by atoms with Gasteiger partial charge in [-0.2, -0.15) is 0 Å². The van der Waals surface area contributed by atoms with Gasteiger partial charge in [-0.25, -0.2) is 0 Å². The number of likely N-dealkylation sites (tertiary alicyclic amines) is 1. The number of nitrogens with zero attached hydrogens (tertiary/aromatic N) is 2. The summed E-state index contributed by atoms with van der Waals surface area (Å²) in [5.41, 5.74) is 8.35. The van der Waals surface area contributed by atoms with Gasteiger partial charge in [-0.1, -0.05) is 57.2 Å². The molecule has 6 heteroatoms. The van der Waals surface area contributed by atoms with Crippen molar-refractivity contribution in [1.82, 2.24) is 9.88 Å². The average Bonchev–Trinajstić information content (AvgIpc) is 3.68. The lowest BCUT2D eigenvalue weighted by Crippen LogP contribution is -2.27. The van der Waals surface area contributed by atoms with E-state index in [2.05, 4.69) is 31.1 Å². The number of hydrogen-bond acceptors (Lipinski definition) is 4. The zero-order chi connectivity index (χ0) is 29.4. The molecule has 6 rings (SSSR count). The number of hydrogen-bond donors (Lipinski definition) is 1. The Morgan fingerprint density at radius 2 is 1.55 bits per heavy atom. The lowest BCUT2D eigenvalue weighted by atomic mass is 9.86. The zero-order valence-corrected chi connectivity index (χ0v) is 24.5. The first-order valence-electron chi connectivity index (χ1n) is 14.5. The second kappa shape index (κ2) is 10.9. The van der Waals surface area contributed by atoms with Gasteiger partial charge in [0.15, 0.2) is 5.58 Å². The van der Waals surface area contributed by atoms with E-state index in [-0.39, 0.29) is 17.2 Å². The molecule has 1 N–H and O–H groups in total. The molecule has 0 unspecified atom stereocenters. The van der Waals surface area contributed by atoms with Crippen LogP contribution < -0.4 is 5.32 Å². The van der Waals surface area contributed by atoms with Gasteiger partial charge in [-0.05, 0) is 78.3 Å². The number of aromatic nitrogens is 1. The molecule has 0 radical (unpaired) electrons. The van der Waals surface area contributed by atoms with Gasteiger partial charge >= 0.3 is 0 Å². The number of fused-ring (bicyclic) bond motifs is 1. The Morgan fingerprint density at radius 3 is 2.24 bits per heavy atom. The Hall–Kier alpha value is -4.71. The monoisotopic (exact) mass is 557 g/mol. The van der Waals surface area contributed by atoms with Gasteiger partial charge in [0.1, 0.15) is 11.3 Å². The van der Waals surface area contributed by atoms with Crippen molar-refractivity contribution in [2.75, 3.05) is 18.4 Å². The molecule has 3 heterocycles. The van der Waals surface area contributed by atoms with Gasteiger partial charge in [0.2, 0.25) is 0 Å². The van der Waals surface area contributed by atoms with Crippen molar-refractivity contribution in [1.29, 1.82) is 0 Å². The van der Waals surface area contributed by atoms with Gasteiger partial charge in [0, 0.05) is 53.3 Å². The fourth-order valence-corrected chi connectivity index (χ4v) is 5.55. The minimum Gasteiger partial charge on any atom is -0.454 e. The van der Waals surface area contributed by atoms with Crippen molar-refractivity contribution in [2.45, 2.75) is 46.0 Å². The fraction of sp³-hybridized carbons (Fsp3) is 0.250. The highest BCUT2D eigenvalue weighted by Gasteiger charge is 2.21. The van der Waals surface area contributed by atoms with Gasteiger partial charge < -0.3 is 14.6 Å². The van der Waals surface area contributed by atoms with E-state index >= 15 is 0 Å². The van der Waals surface area contributed by atoms with Crippen LogP contribution in [0.2, 0.25) is 0 Å². The number of anilines is 1. The molecule has 42 heavy (non-hydrogen) atoms. The summed E-state index contributed by atoms with van der Waals surface area (Å²) in [5.74, 6) is 0.616. The van der Waals surface area contributed by atoms with Gasteiger partial charge in [-0.15, -0.1) is 0 Å². The summed E-state index contributed by atoms with van der Waals surface area (Å²) in [5, 5.41) is 3.09. The number of carbonyl (C=O) groups excluding carboxylic acids is 2. The lowest BCUT2D eigenvalue weighted by Gasteiger charge is -2.19. The molecule has 1 aliphatic heterocycles. The molecular weight excluding hydrogens is 522 g/mol. The summed E-state index contributed by atoms with van der Waals surface area (Å²) in [6.07, 6.45) is 3.91. The van der Waals surface area contributed by atoms with E-state index < -0.39 is 0 Å². The van der Waals surface area contributed by atoms with Crippen LogP contribution in [0.1, 0.15) is 65.5 Å². The molecule has 1 saturated heterocycles. The Balaban J connectivity index is 1.27. The van der Waals surface area contributed by atoms with Crippen LogP contribution in [0.15, 0.2) is 89.5 Å². The van der Waals surface area contributed by atoms with E-state index in [1.807, 2.05) is 90.7 Å². The number of pyridine rings is 1. The molecule has 0 bridgehead atoms. The Kier molecular flexibility index (Phi) is 7.15. The van der Waals surface area contributed by atoms with Gasteiger partial charge in [0.25, 0.3) is 11.8 Å². The van der Waals surface area contributed by atoms with Crippen molar-refractivity contribution < 1.29 is 14.0 Å². The van der Waals surface area contributed by atoms with Crippen molar-refractivity contribution in [3.8, 4) is 22.5 Å². The third kappa shape index (κ3) is 5.32. The van der Waals surface area contributed by atoms with Crippen molar-refractivity contribution in [2.24, 2.45) is 0 Å². The molecule has 5 aromatic rings. The first-order valence-corrected chi connectivity index (χ1v) is 14.5. The third-order valence-corrected chi connectivity index (χ3v) is 8.11. The molecule has 1 aliphatic rings. The summed E-state index contributed by atoms with van der Waals surface area (Å²) < 4.78 is 6.38. The number of nitrogens with one attached hydrogen (secondary N) is 1. The van der Waals surface area contributed by atoms with Crippen LogP contribution in [-0.4, -0.2) is 34.8 Å². The second-order valence-corrected chi connectivity index (χ2v) is 12.0. The van der Waals surface area contributed by atoms with Gasteiger partial charge in [0.05, 0.1) is 0 Å². The summed E-state index contributed by atoms with van der Waals surface area (Å²) in [4.78, 5) is 32.3. The molecule has 0 aliphatic carbocycles. The molecular formula is C36H35N3O3. The number of carbonyl (C=O) groups is 2. The summed E-state index contributed by atoms with van der Waals surface area (Å²) in [6.45, 7) is 10.1. The minimum atomic E-state index is -0.150. The van der Waals surface area contributed by atoms with E-state index in [0.717, 1.165) is 59.4 Å². The topological polar surface area (TPSA) is 75.4 Å². The number of amides is 2. The standard InChI is InChI=1S/C36H35N3O3/c1-23-28(8-7-9-30(23)38-34(40)25-14-16-27(17-15-25)36(2,3)4)29-18-19-37-31-22-32(42-33(29)31)24-10-12-26(13-11-24)35(41)39-20-5-6-21-39/h7-19,22H,5-6,20-21H2,1-4H3,(H,38,40).